The Bertz CT molecular complexity index is 560. The maximum absolute atomic E-state index is 12.1. The van der Waals surface area contributed by atoms with Crippen LogP contribution in [0.25, 0.3) is 5.57 Å². The lowest BCUT2D eigenvalue weighted by Crippen LogP contribution is -2.34. The molecule has 1 aliphatic heterocycles. The summed E-state index contributed by atoms with van der Waals surface area (Å²) in [6.45, 7) is 1.41. The van der Waals surface area contributed by atoms with Gasteiger partial charge >= 0.3 is 0 Å². The Morgan fingerprint density at radius 1 is 1.44 bits per heavy atom. The van der Waals surface area contributed by atoms with Crippen molar-refractivity contribution in [3.8, 4) is 0 Å². The molecule has 0 saturated heterocycles. The average molecular weight is 277 g/mol. The lowest BCUT2D eigenvalue weighted by Gasteiger charge is -2.25. The standard InChI is InChI=1S/C12H11N3OS2/c16-12(10-8-13-18-14-10)15-5-3-9(4-6-15)11-2-1-7-17-11/h1-3,7-8H,4-6H2. The minimum Gasteiger partial charge on any atom is -0.333 e. The van der Waals surface area contributed by atoms with E-state index in [2.05, 4.69) is 32.3 Å². The van der Waals surface area contributed by atoms with E-state index >= 15 is 0 Å². The van der Waals surface area contributed by atoms with Crippen LogP contribution in [-0.4, -0.2) is 32.6 Å². The molecule has 6 heteroatoms. The second kappa shape index (κ2) is 4.99. The van der Waals surface area contributed by atoms with E-state index in [-0.39, 0.29) is 5.91 Å². The van der Waals surface area contributed by atoms with Gasteiger partial charge in [-0.05, 0) is 23.4 Å². The number of nitrogens with zero attached hydrogens (tertiary/aromatic N) is 3. The molecule has 0 radical (unpaired) electrons. The number of hydrogen-bond donors (Lipinski definition) is 0. The summed E-state index contributed by atoms with van der Waals surface area (Å²) in [5.74, 6) is -0.0229. The number of amides is 1. The SMILES string of the molecule is O=C(c1cnsn1)N1CC=C(c2cccs2)CC1. The van der Waals surface area contributed by atoms with Crippen molar-refractivity contribution in [3.05, 3.63) is 40.4 Å². The van der Waals surface area contributed by atoms with Crippen LogP contribution >= 0.6 is 23.1 Å². The molecule has 3 heterocycles. The molecule has 0 unspecified atom stereocenters. The van der Waals surface area contributed by atoms with Crippen molar-refractivity contribution in [1.82, 2.24) is 13.6 Å². The molecule has 0 atom stereocenters. The van der Waals surface area contributed by atoms with Gasteiger partial charge in [0.2, 0.25) is 0 Å². The molecule has 0 bridgehead atoms. The Balaban J connectivity index is 1.72. The zero-order chi connectivity index (χ0) is 12.4. The fraction of sp³-hybridized carbons (Fsp3) is 0.250. The number of thiophene rings is 1. The molecule has 2 aromatic rings. The molecule has 4 nitrogen and oxygen atoms in total. The average Bonchev–Trinajstić information content (AvgIpc) is 3.11. The number of aromatic nitrogens is 2. The van der Waals surface area contributed by atoms with Gasteiger partial charge in [-0.2, -0.15) is 8.75 Å². The summed E-state index contributed by atoms with van der Waals surface area (Å²) >= 11 is 2.81. The maximum Gasteiger partial charge on any atom is 0.275 e. The third kappa shape index (κ3) is 2.21. The fourth-order valence-corrected chi connectivity index (χ4v) is 3.16. The Labute approximate surface area is 113 Å². The molecule has 92 valence electrons. The quantitative estimate of drug-likeness (QED) is 0.847. The molecule has 0 aromatic carbocycles. The van der Waals surface area contributed by atoms with Crippen LogP contribution in [-0.2, 0) is 0 Å². The van der Waals surface area contributed by atoms with E-state index in [0.29, 0.717) is 12.2 Å². The molecule has 3 rings (SSSR count). The highest BCUT2D eigenvalue weighted by molar-refractivity contribution is 7.11. The first-order valence-electron chi connectivity index (χ1n) is 5.64. The summed E-state index contributed by atoms with van der Waals surface area (Å²) in [6, 6.07) is 4.18. The summed E-state index contributed by atoms with van der Waals surface area (Å²) in [5.41, 5.74) is 1.79. The van der Waals surface area contributed by atoms with E-state index in [1.807, 2.05) is 4.90 Å². The van der Waals surface area contributed by atoms with Crippen LogP contribution in [0.3, 0.4) is 0 Å². The van der Waals surface area contributed by atoms with Crippen LogP contribution in [0.5, 0.6) is 0 Å². The van der Waals surface area contributed by atoms with Crippen molar-refractivity contribution in [2.45, 2.75) is 6.42 Å². The molecular formula is C12H11N3OS2. The fourth-order valence-electron chi connectivity index (χ4n) is 1.96. The lowest BCUT2D eigenvalue weighted by atomic mass is 10.1. The van der Waals surface area contributed by atoms with Gasteiger partial charge in [0.25, 0.3) is 5.91 Å². The van der Waals surface area contributed by atoms with E-state index in [0.717, 1.165) is 24.7 Å². The van der Waals surface area contributed by atoms with Crippen LogP contribution in [0.2, 0.25) is 0 Å². The number of carbonyl (C=O) groups excluding carboxylic acids is 1. The number of carbonyl (C=O) groups is 1. The lowest BCUT2D eigenvalue weighted by molar-refractivity contribution is 0.0768. The van der Waals surface area contributed by atoms with Gasteiger partial charge in [0.1, 0.15) is 0 Å². The van der Waals surface area contributed by atoms with Crippen molar-refractivity contribution in [2.75, 3.05) is 13.1 Å². The first-order chi connectivity index (χ1) is 8.84. The van der Waals surface area contributed by atoms with E-state index in [1.54, 1.807) is 11.3 Å². The van der Waals surface area contributed by atoms with Crippen LogP contribution in [0.4, 0.5) is 0 Å². The monoisotopic (exact) mass is 277 g/mol. The van der Waals surface area contributed by atoms with Crippen LogP contribution in [0.15, 0.2) is 29.8 Å². The van der Waals surface area contributed by atoms with Crippen molar-refractivity contribution in [2.24, 2.45) is 0 Å². The predicted molar refractivity (Wildman–Crippen MR) is 72.7 cm³/mol. The maximum atomic E-state index is 12.1. The minimum atomic E-state index is -0.0229. The van der Waals surface area contributed by atoms with E-state index in [9.17, 15) is 4.79 Å². The normalized spacial score (nSPS) is 15.6. The third-order valence-electron chi connectivity index (χ3n) is 2.91. The minimum absolute atomic E-state index is 0.0229. The molecule has 0 saturated carbocycles. The first kappa shape index (κ1) is 11.6. The Morgan fingerprint density at radius 3 is 3.00 bits per heavy atom. The molecule has 2 aromatic heterocycles. The number of hydrogen-bond acceptors (Lipinski definition) is 5. The molecule has 0 spiro atoms. The van der Waals surface area contributed by atoms with Gasteiger partial charge in [0, 0.05) is 18.0 Å². The van der Waals surface area contributed by atoms with E-state index in [4.69, 9.17) is 0 Å². The molecule has 0 fully saturated rings. The molecule has 18 heavy (non-hydrogen) atoms. The second-order valence-electron chi connectivity index (χ2n) is 4.00. The number of rotatable bonds is 2. The molecule has 0 N–H and O–H groups in total. The third-order valence-corrected chi connectivity index (χ3v) is 4.34. The highest BCUT2D eigenvalue weighted by Crippen LogP contribution is 2.26. The summed E-state index contributed by atoms with van der Waals surface area (Å²) in [7, 11) is 0. The van der Waals surface area contributed by atoms with Crippen LogP contribution in [0.1, 0.15) is 21.8 Å². The van der Waals surface area contributed by atoms with Gasteiger partial charge in [0.05, 0.1) is 17.9 Å². The van der Waals surface area contributed by atoms with Gasteiger partial charge in [-0.15, -0.1) is 11.3 Å². The highest BCUT2D eigenvalue weighted by Gasteiger charge is 2.21. The van der Waals surface area contributed by atoms with E-state index in [1.165, 1.54) is 16.6 Å². The van der Waals surface area contributed by atoms with Gasteiger partial charge in [0.15, 0.2) is 5.69 Å². The van der Waals surface area contributed by atoms with Crippen molar-refractivity contribution in [1.29, 1.82) is 0 Å². The van der Waals surface area contributed by atoms with Crippen molar-refractivity contribution >= 4 is 34.5 Å². The summed E-state index contributed by atoms with van der Waals surface area (Å²) < 4.78 is 7.84. The molecule has 0 aliphatic carbocycles. The van der Waals surface area contributed by atoms with Crippen LogP contribution in [0, 0.1) is 0 Å². The summed E-state index contributed by atoms with van der Waals surface area (Å²) in [6.07, 6.45) is 4.57. The largest absolute Gasteiger partial charge is 0.333 e. The topological polar surface area (TPSA) is 46.1 Å². The zero-order valence-electron chi connectivity index (χ0n) is 9.57. The predicted octanol–water partition coefficient (Wildman–Crippen LogP) is 2.53. The molecular weight excluding hydrogens is 266 g/mol. The van der Waals surface area contributed by atoms with E-state index < -0.39 is 0 Å². The van der Waals surface area contributed by atoms with Gasteiger partial charge < -0.3 is 4.90 Å². The Kier molecular flexibility index (Phi) is 3.21. The summed E-state index contributed by atoms with van der Waals surface area (Å²) in [4.78, 5) is 15.2. The Morgan fingerprint density at radius 2 is 2.39 bits per heavy atom. The van der Waals surface area contributed by atoms with Crippen molar-refractivity contribution < 1.29 is 4.79 Å². The smallest absolute Gasteiger partial charge is 0.275 e. The van der Waals surface area contributed by atoms with Gasteiger partial charge in [-0.3, -0.25) is 4.79 Å². The molecule has 1 amide bonds. The first-order valence-corrected chi connectivity index (χ1v) is 7.25. The van der Waals surface area contributed by atoms with Crippen molar-refractivity contribution in [3.63, 3.8) is 0 Å². The van der Waals surface area contributed by atoms with Gasteiger partial charge in [-0.1, -0.05) is 12.1 Å². The highest BCUT2D eigenvalue weighted by atomic mass is 32.1. The zero-order valence-corrected chi connectivity index (χ0v) is 11.2. The Hall–Kier alpha value is -1.53. The van der Waals surface area contributed by atoms with Crippen LogP contribution < -0.4 is 0 Å². The molecule has 1 aliphatic rings. The van der Waals surface area contributed by atoms with Gasteiger partial charge in [-0.25, -0.2) is 0 Å². The second-order valence-corrected chi connectivity index (χ2v) is 5.50. The summed E-state index contributed by atoms with van der Waals surface area (Å²) in [5, 5.41) is 2.08.